The van der Waals surface area contributed by atoms with Crippen LogP contribution in [0.5, 0.6) is 5.88 Å². The summed E-state index contributed by atoms with van der Waals surface area (Å²) in [6.07, 6.45) is 6.42. The molecule has 20 heavy (non-hydrogen) atoms. The Morgan fingerprint density at radius 3 is 2.95 bits per heavy atom. The number of nitrogens with one attached hydrogen (secondary N) is 1. The topological polar surface area (TPSA) is 60.5 Å². The summed E-state index contributed by atoms with van der Waals surface area (Å²) in [4.78, 5) is 16.2. The van der Waals surface area contributed by atoms with Gasteiger partial charge in [-0.15, -0.1) is 0 Å². The van der Waals surface area contributed by atoms with Crippen LogP contribution in [-0.2, 0) is 4.74 Å². The van der Waals surface area contributed by atoms with Crippen molar-refractivity contribution in [3.63, 3.8) is 0 Å². The molecule has 1 fully saturated rings. The first-order valence-electron chi connectivity index (χ1n) is 7.11. The van der Waals surface area contributed by atoms with Crippen molar-refractivity contribution in [2.75, 3.05) is 13.7 Å². The van der Waals surface area contributed by atoms with Crippen LogP contribution in [0.1, 0.15) is 43.0 Å². The van der Waals surface area contributed by atoms with Crippen LogP contribution in [0.15, 0.2) is 18.3 Å². The van der Waals surface area contributed by atoms with E-state index in [0.29, 0.717) is 18.1 Å². The number of pyridine rings is 1. The SMILES string of the molecule is COC[C@@H](C)NC(=O)c1ccnc(OC2CCCC2)c1. The third kappa shape index (κ3) is 4.20. The van der Waals surface area contributed by atoms with Crippen LogP contribution in [0.3, 0.4) is 0 Å². The quantitative estimate of drug-likeness (QED) is 0.866. The summed E-state index contributed by atoms with van der Waals surface area (Å²) in [5.41, 5.74) is 0.566. The number of nitrogens with zero attached hydrogens (tertiary/aromatic N) is 1. The van der Waals surface area contributed by atoms with Crippen LogP contribution in [-0.4, -0.2) is 36.8 Å². The van der Waals surface area contributed by atoms with E-state index in [-0.39, 0.29) is 18.1 Å². The molecule has 1 atom stereocenters. The molecule has 110 valence electrons. The first-order chi connectivity index (χ1) is 9.69. The molecule has 1 saturated carbocycles. The van der Waals surface area contributed by atoms with Gasteiger partial charge in [0.05, 0.1) is 6.61 Å². The molecule has 1 N–H and O–H groups in total. The second-order valence-corrected chi connectivity index (χ2v) is 5.24. The lowest BCUT2D eigenvalue weighted by Crippen LogP contribution is -2.35. The molecule has 0 aliphatic heterocycles. The number of hydrogen-bond donors (Lipinski definition) is 1. The summed E-state index contributed by atoms with van der Waals surface area (Å²) in [5.74, 6) is 0.400. The highest BCUT2D eigenvalue weighted by molar-refractivity contribution is 5.94. The van der Waals surface area contributed by atoms with Gasteiger partial charge in [-0.3, -0.25) is 4.79 Å². The van der Waals surface area contributed by atoms with Crippen LogP contribution < -0.4 is 10.1 Å². The summed E-state index contributed by atoms with van der Waals surface area (Å²) in [6, 6.07) is 3.36. The molecule has 2 rings (SSSR count). The minimum atomic E-state index is -0.131. The first kappa shape index (κ1) is 14.8. The molecular weight excluding hydrogens is 256 g/mol. The lowest BCUT2D eigenvalue weighted by molar-refractivity contribution is 0.0904. The maximum Gasteiger partial charge on any atom is 0.251 e. The number of carbonyl (C=O) groups is 1. The monoisotopic (exact) mass is 278 g/mol. The van der Waals surface area contributed by atoms with Gasteiger partial charge in [0.2, 0.25) is 5.88 Å². The van der Waals surface area contributed by atoms with Gasteiger partial charge >= 0.3 is 0 Å². The van der Waals surface area contributed by atoms with Crippen molar-refractivity contribution in [3.05, 3.63) is 23.9 Å². The Bertz CT molecular complexity index is 444. The van der Waals surface area contributed by atoms with Gasteiger partial charge in [0, 0.05) is 31.0 Å². The third-order valence-corrected chi connectivity index (χ3v) is 3.38. The van der Waals surface area contributed by atoms with Crippen LogP contribution in [0, 0.1) is 0 Å². The number of ether oxygens (including phenoxy) is 2. The Kier molecular flexibility index (Phi) is 5.35. The Morgan fingerprint density at radius 1 is 1.50 bits per heavy atom. The molecule has 5 nitrogen and oxygen atoms in total. The fourth-order valence-corrected chi connectivity index (χ4v) is 2.39. The molecule has 0 unspecified atom stereocenters. The van der Waals surface area contributed by atoms with Crippen molar-refractivity contribution in [2.24, 2.45) is 0 Å². The molecule has 1 aliphatic carbocycles. The van der Waals surface area contributed by atoms with Crippen molar-refractivity contribution in [1.82, 2.24) is 10.3 Å². The molecule has 1 aromatic heterocycles. The summed E-state index contributed by atoms with van der Waals surface area (Å²) < 4.78 is 10.8. The van der Waals surface area contributed by atoms with E-state index in [1.807, 2.05) is 6.92 Å². The molecule has 0 radical (unpaired) electrons. The van der Waals surface area contributed by atoms with E-state index in [4.69, 9.17) is 9.47 Å². The highest BCUT2D eigenvalue weighted by atomic mass is 16.5. The number of aromatic nitrogens is 1. The summed E-state index contributed by atoms with van der Waals surface area (Å²) in [5, 5.41) is 2.87. The molecule has 0 aromatic carbocycles. The summed E-state index contributed by atoms with van der Waals surface area (Å²) in [7, 11) is 1.61. The second-order valence-electron chi connectivity index (χ2n) is 5.24. The molecule has 0 spiro atoms. The van der Waals surface area contributed by atoms with Crippen molar-refractivity contribution < 1.29 is 14.3 Å². The van der Waals surface area contributed by atoms with Gasteiger partial charge in [0.15, 0.2) is 0 Å². The largest absolute Gasteiger partial charge is 0.474 e. The molecule has 5 heteroatoms. The maximum atomic E-state index is 12.1. The zero-order valence-corrected chi connectivity index (χ0v) is 12.1. The Morgan fingerprint density at radius 2 is 2.25 bits per heavy atom. The van der Waals surface area contributed by atoms with E-state index in [1.54, 1.807) is 25.4 Å². The van der Waals surface area contributed by atoms with Crippen molar-refractivity contribution >= 4 is 5.91 Å². The average molecular weight is 278 g/mol. The van der Waals surface area contributed by atoms with Crippen LogP contribution in [0.25, 0.3) is 0 Å². The molecule has 1 aromatic rings. The van der Waals surface area contributed by atoms with E-state index in [0.717, 1.165) is 12.8 Å². The number of rotatable bonds is 6. The van der Waals surface area contributed by atoms with Crippen LogP contribution in [0.2, 0.25) is 0 Å². The van der Waals surface area contributed by atoms with Gasteiger partial charge < -0.3 is 14.8 Å². The lowest BCUT2D eigenvalue weighted by atomic mass is 10.2. The minimum absolute atomic E-state index is 0.0279. The average Bonchev–Trinajstić information content (AvgIpc) is 2.92. The zero-order valence-electron chi connectivity index (χ0n) is 12.1. The fraction of sp³-hybridized carbons (Fsp3) is 0.600. The van der Waals surface area contributed by atoms with Gasteiger partial charge in [-0.05, 0) is 38.7 Å². The third-order valence-electron chi connectivity index (χ3n) is 3.38. The Hall–Kier alpha value is -1.62. The standard InChI is InChI=1S/C15H22N2O3/c1-11(10-19-2)17-15(18)12-7-8-16-14(9-12)20-13-5-3-4-6-13/h7-9,11,13H,3-6,10H2,1-2H3,(H,17,18)/t11-/m1/s1. The minimum Gasteiger partial charge on any atom is -0.474 e. The van der Waals surface area contributed by atoms with Gasteiger partial charge in [-0.2, -0.15) is 0 Å². The predicted molar refractivity (Wildman–Crippen MR) is 75.9 cm³/mol. The van der Waals surface area contributed by atoms with Crippen molar-refractivity contribution in [1.29, 1.82) is 0 Å². The Balaban J connectivity index is 1.95. The van der Waals surface area contributed by atoms with Gasteiger partial charge in [0.25, 0.3) is 5.91 Å². The normalized spacial score (nSPS) is 16.9. The van der Waals surface area contributed by atoms with Crippen LogP contribution in [0.4, 0.5) is 0 Å². The lowest BCUT2D eigenvalue weighted by Gasteiger charge is -2.14. The van der Waals surface area contributed by atoms with Gasteiger partial charge in [0.1, 0.15) is 6.10 Å². The highest BCUT2D eigenvalue weighted by Crippen LogP contribution is 2.23. The molecule has 0 saturated heterocycles. The van der Waals surface area contributed by atoms with E-state index < -0.39 is 0 Å². The van der Waals surface area contributed by atoms with E-state index >= 15 is 0 Å². The number of hydrogen-bond acceptors (Lipinski definition) is 4. The number of amides is 1. The molecular formula is C15H22N2O3. The van der Waals surface area contributed by atoms with Crippen molar-refractivity contribution in [2.45, 2.75) is 44.8 Å². The van der Waals surface area contributed by atoms with Gasteiger partial charge in [-0.25, -0.2) is 4.98 Å². The zero-order chi connectivity index (χ0) is 14.4. The van der Waals surface area contributed by atoms with E-state index in [1.165, 1.54) is 12.8 Å². The predicted octanol–water partition coefficient (Wildman–Crippen LogP) is 2.17. The number of carbonyl (C=O) groups excluding carboxylic acids is 1. The summed E-state index contributed by atoms with van der Waals surface area (Å²) >= 11 is 0. The summed E-state index contributed by atoms with van der Waals surface area (Å²) in [6.45, 7) is 2.39. The van der Waals surface area contributed by atoms with E-state index in [2.05, 4.69) is 10.3 Å². The fourth-order valence-electron chi connectivity index (χ4n) is 2.39. The van der Waals surface area contributed by atoms with Gasteiger partial charge in [-0.1, -0.05) is 0 Å². The second kappa shape index (κ2) is 7.24. The van der Waals surface area contributed by atoms with Crippen LogP contribution >= 0.6 is 0 Å². The number of methoxy groups -OCH3 is 1. The van der Waals surface area contributed by atoms with Crippen molar-refractivity contribution in [3.8, 4) is 5.88 Å². The molecule has 1 heterocycles. The van der Waals surface area contributed by atoms with E-state index in [9.17, 15) is 4.79 Å². The first-order valence-corrected chi connectivity index (χ1v) is 7.11. The smallest absolute Gasteiger partial charge is 0.251 e. The molecule has 1 aliphatic rings. The highest BCUT2D eigenvalue weighted by Gasteiger charge is 2.18. The maximum absolute atomic E-state index is 12.1. The Labute approximate surface area is 119 Å². The molecule has 0 bridgehead atoms. The molecule has 1 amide bonds.